The van der Waals surface area contributed by atoms with Crippen LogP contribution in [0.15, 0.2) is 42.5 Å². The number of hydrogen-bond donors (Lipinski definition) is 2. The molecule has 0 fully saturated rings. The van der Waals surface area contributed by atoms with Gasteiger partial charge in [-0.25, -0.2) is 0 Å². The number of hydrogen-bond acceptors (Lipinski definition) is 3. The van der Waals surface area contributed by atoms with Gasteiger partial charge >= 0.3 is 0 Å². The highest BCUT2D eigenvalue weighted by Gasteiger charge is 1.99. The molecule has 0 aliphatic rings. The minimum Gasteiger partial charge on any atom is -0.383 e. The minimum absolute atomic E-state index is 0.767. The molecular formula is C16H22N2O. The van der Waals surface area contributed by atoms with Crippen molar-refractivity contribution in [2.45, 2.75) is 6.54 Å². The monoisotopic (exact) mass is 258 g/mol. The molecule has 3 nitrogen and oxygen atoms in total. The molecule has 0 aromatic heterocycles. The van der Waals surface area contributed by atoms with E-state index in [0.717, 1.165) is 32.8 Å². The highest BCUT2D eigenvalue weighted by molar-refractivity contribution is 5.85. The highest BCUT2D eigenvalue weighted by Crippen LogP contribution is 2.17. The van der Waals surface area contributed by atoms with E-state index >= 15 is 0 Å². The number of methoxy groups -OCH3 is 1. The van der Waals surface area contributed by atoms with Gasteiger partial charge in [0.15, 0.2) is 0 Å². The number of nitrogens with one attached hydrogen (secondary N) is 2. The summed E-state index contributed by atoms with van der Waals surface area (Å²) in [5.74, 6) is 0. The summed E-state index contributed by atoms with van der Waals surface area (Å²) in [6, 6.07) is 15.0. The molecule has 0 heterocycles. The lowest BCUT2D eigenvalue weighted by Gasteiger charge is -2.09. The fraction of sp³-hybridized carbons (Fsp3) is 0.375. The molecule has 0 atom stereocenters. The van der Waals surface area contributed by atoms with Crippen LogP contribution in [0.5, 0.6) is 0 Å². The van der Waals surface area contributed by atoms with Gasteiger partial charge in [0.2, 0.25) is 0 Å². The van der Waals surface area contributed by atoms with Crippen LogP contribution in [0.25, 0.3) is 10.8 Å². The van der Waals surface area contributed by atoms with Crippen LogP contribution in [-0.4, -0.2) is 33.4 Å². The number of ether oxygens (including phenoxy) is 1. The van der Waals surface area contributed by atoms with Gasteiger partial charge in [0.05, 0.1) is 6.61 Å². The topological polar surface area (TPSA) is 33.3 Å². The second-order valence-corrected chi connectivity index (χ2v) is 4.56. The van der Waals surface area contributed by atoms with Gasteiger partial charge in [-0.15, -0.1) is 0 Å². The third-order valence-corrected chi connectivity index (χ3v) is 3.16. The zero-order valence-electron chi connectivity index (χ0n) is 11.5. The Morgan fingerprint density at radius 2 is 1.68 bits per heavy atom. The van der Waals surface area contributed by atoms with Gasteiger partial charge in [-0.1, -0.05) is 42.5 Å². The molecule has 2 N–H and O–H groups in total. The van der Waals surface area contributed by atoms with Crippen molar-refractivity contribution in [3.63, 3.8) is 0 Å². The summed E-state index contributed by atoms with van der Waals surface area (Å²) in [6.07, 6.45) is 0. The van der Waals surface area contributed by atoms with E-state index in [1.807, 2.05) is 0 Å². The third kappa shape index (κ3) is 4.31. The van der Waals surface area contributed by atoms with Crippen molar-refractivity contribution in [2.75, 3.05) is 33.4 Å². The molecule has 0 spiro atoms. The van der Waals surface area contributed by atoms with E-state index in [1.165, 1.54) is 16.3 Å². The van der Waals surface area contributed by atoms with Crippen LogP contribution >= 0.6 is 0 Å². The Morgan fingerprint density at radius 1 is 0.895 bits per heavy atom. The van der Waals surface area contributed by atoms with Crippen molar-refractivity contribution in [3.8, 4) is 0 Å². The van der Waals surface area contributed by atoms with E-state index in [9.17, 15) is 0 Å². The van der Waals surface area contributed by atoms with Crippen LogP contribution in [-0.2, 0) is 11.3 Å². The fourth-order valence-corrected chi connectivity index (χ4v) is 2.15. The average molecular weight is 258 g/mol. The van der Waals surface area contributed by atoms with Crippen LogP contribution in [0.4, 0.5) is 0 Å². The first-order valence-electron chi connectivity index (χ1n) is 6.79. The van der Waals surface area contributed by atoms with E-state index in [2.05, 4.69) is 53.1 Å². The minimum atomic E-state index is 0.767. The Bertz CT molecular complexity index is 494. The molecule has 0 aliphatic carbocycles. The average Bonchev–Trinajstić information content (AvgIpc) is 2.46. The van der Waals surface area contributed by atoms with E-state index in [1.54, 1.807) is 7.11 Å². The molecule has 0 radical (unpaired) electrons. The zero-order valence-corrected chi connectivity index (χ0v) is 11.5. The quantitative estimate of drug-likeness (QED) is 0.712. The Kier molecular flexibility index (Phi) is 5.82. The molecule has 0 unspecified atom stereocenters. The molecule has 2 aromatic rings. The predicted octanol–water partition coefficient (Wildman–Crippen LogP) is 2.17. The van der Waals surface area contributed by atoms with Crippen molar-refractivity contribution >= 4 is 10.8 Å². The number of fused-ring (bicyclic) bond motifs is 1. The highest BCUT2D eigenvalue weighted by atomic mass is 16.5. The Hall–Kier alpha value is -1.42. The second kappa shape index (κ2) is 7.89. The number of rotatable bonds is 8. The first-order valence-corrected chi connectivity index (χ1v) is 6.79. The molecule has 0 saturated carbocycles. The van der Waals surface area contributed by atoms with Crippen LogP contribution in [0.3, 0.4) is 0 Å². The summed E-state index contributed by atoms with van der Waals surface area (Å²) in [6.45, 7) is 4.52. The molecule has 3 heteroatoms. The molecule has 0 saturated heterocycles. The molecule has 19 heavy (non-hydrogen) atoms. The van der Waals surface area contributed by atoms with Crippen LogP contribution < -0.4 is 10.6 Å². The first-order chi connectivity index (χ1) is 9.42. The number of benzene rings is 2. The van der Waals surface area contributed by atoms with E-state index in [0.29, 0.717) is 0 Å². The summed E-state index contributed by atoms with van der Waals surface area (Å²) in [5, 5.41) is 9.43. The summed E-state index contributed by atoms with van der Waals surface area (Å²) in [5.41, 5.74) is 1.36. The summed E-state index contributed by atoms with van der Waals surface area (Å²) in [7, 11) is 1.72. The van der Waals surface area contributed by atoms with E-state index in [-0.39, 0.29) is 0 Å². The maximum absolute atomic E-state index is 4.98. The largest absolute Gasteiger partial charge is 0.383 e. The van der Waals surface area contributed by atoms with Crippen molar-refractivity contribution in [1.82, 2.24) is 10.6 Å². The molecule has 0 bridgehead atoms. The Morgan fingerprint density at radius 3 is 2.58 bits per heavy atom. The van der Waals surface area contributed by atoms with Gasteiger partial charge < -0.3 is 15.4 Å². The first kappa shape index (κ1) is 14.0. The third-order valence-electron chi connectivity index (χ3n) is 3.16. The standard InChI is InChI=1S/C16H22N2O/c1-19-12-11-17-9-10-18-13-15-7-4-6-14-5-2-3-8-16(14)15/h2-8,17-18H,9-13H2,1H3. The summed E-state index contributed by atoms with van der Waals surface area (Å²) >= 11 is 0. The molecule has 2 aromatic carbocycles. The maximum Gasteiger partial charge on any atom is 0.0587 e. The lowest BCUT2D eigenvalue weighted by atomic mass is 10.0. The van der Waals surface area contributed by atoms with Gasteiger partial charge in [0.1, 0.15) is 0 Å². The lowest BCUT2D eigenvalue weighted by Crippen LogP contribution is -2.29. The molecule has 102 valence electrons. The molecule has 0 aliphatic heterocycles. The Balaban J connectivity index is 1.78. The fourth-order valence-electron chi connectivity index (χ4n) is 2.15. The van der Waals surface area contributed by atoms with Gasteiger partial charge in [-0.2, -0.15) is 0 Å². The van der Waals surface area contributed by atoms with Crippen molar-refractivity contribution < 1.29 is 4.74 Å². The predicted molar refractivity (Wildman–Crippen MR) is 80.4 cm³/mol. The molecule has 0 amide bonds. The van der Waals surface area contributed by atoms with Crippen LogP contribution in [0, 0.1) is 0 Å². The van der Waals surface area contributed by atoms with Crippen molar-refractivity contribution in [2.24, 2.45) is 0 Å². The second-order valence-electron chi connectivity index (χ2n) is 4.56. The van der Waals surface area contributed by atoms with Crippen LogP contribution in [0.2, 0.25) is 0 Å². The van der Waals surface area contributed by atoms with Gasteiger partial charge in [-0.05, 0) is 16.3 Å². The molecular weight excluding hydrogens is 236 g/mol. The van der Waals surface area contributed by atoms with E-state index in [4.69, 9.17) is 4.74 Å². The SMILES string of the molecule is COCCNCCNCc1cccc2ccccc12. The molecule has 2 rings (SSSR count). The summed E-state index contributed by atoms with van der Waals surface area (Å²) in [4.78, 5) is 0. The van der Waals surface area contributed by atoms with Crippen LogP contribution in [0.1, 0.15) is 5.56 Å². The van der Waals surface area contributed by atoms with Gasteiger partial charge in [-0.3, -0.25) is 0 Å². The van der Waals surface area contributed by atoms with Crippen molar-refractivity contribution in [1.29, 1.82) is 0 Å². The zero-order chi connectivity index (χ0) is 13.3. The van der Waals surface area contributed by atoms with Gasteiger partial charge in [0.25, 0.3) is 0 Å². The summed E-state index contributed by atoms with van der Waals surface area (Å²) < 4.78 is 4.98. The Labute approximate surface area is 115 Å². The maximum atomic E-state index is 4.98. The van der Waals surface area contributed by atoms with Crippen molar-refractivity contribution in [3.05, 3.63) is 48.0 Å². The normalized spacial score (nSPS) is 11.0. The lowest BCUT2D eigenvalue weighted by molar-refractivity contribution is 0.199. The van der Waals surface area contributed by atoms with E-state index < -0.39 is 0 Å². The van der Waals surface area contributed by atoms with Gasteiger partial charge in [0, 0.05) is 33.3 Å². The smallest absolute Gasteiger partial charge is 0.0587 e.